The van der Waals surface area contributed by atoms with Crippen molar-refractivity contribution in [1.29, 1.82) is 0 Å². The molecule has 8 atom stereocenters. The van der Waals surface area contributed by atoms with E-state index in [1.807, 2.05) is 6.92 Å². The molecule has 3 nitrogen and oxygen atoms in total. The molecule has 4 fully saturated rings. The highest BCUT2D eigenvalue weighted by Crippen LogP contribution is 2.66. The fourth-order valence-electron chi connectivity index (χ4n) is 7.46. The van der Waals surface area contributed by atoms with Crippen LogP contribution < -0.4 is 0 Å². The third kappa shape index (κ3) is 2.00. The van der Waals surface area contributed by atoms with Crippen LogP contribution in [0.25, 0.3) is 0 Å². The highest BCUT2D eigenvalue weighted by Gasteiger charge is 2.61. The van der Waals surface area contributed by atoms with Gasteiger partial charge in [0.2, 0.25) is 0 Å². The van der Waals surface area contributed by atoms with E-state index in [4.69, 9.17) is 0 Å². The quantitative estimate of drug-likeness (QED) is 0.668. The maximum Gasteiger partial charge on any atom is 0.159 e. The lowest BCUT2D eigenvalue weighted by Crippen LogP contribution is -2.57. The standard InChI is InChI=1S/C21H32O3/c1-4-13-18(23)11-16-12-5-6-15-19(24)17(22)8-10-21(15,3)14(12)7-9-20(13,16)2/h4,12,14-17,19,22,24H,5-11H2,1-3H3/t12-,14+,15+,16+,17+,19+,20-,21-/m1/s1. The maximum atomic E-state index is 12.6. The summed E-state index contributed by atoms with van der Waals surface area (Å²) in [4.78, 5) is 12.6. The molecule has 0 amide bonds. The first-order chi connectivity index (χ1) is 11.3. The average Bonchev–Trinajstić information content (AvgIpc) is 2.81. The molecule has 0 aromatic heterocycles. The number of Topliss-reactive ketones (excluding diaryl/α,β-unsaturated/α-hetero) is 1. The summed E-state index contributed by atoms with van der Waals surface area (Å²) in [6, 6.07) is 0. The van der Waals surface area contributed by atoms with Crippen molar-refractivity contribution in [2.75, 3.05) is 0 Å². The molecule has 4 saturated carbocycles. The van der Waals surface area contributed by atoms with Crippen LogP contribution in [-0.4, -0.2) is 28.2 Å². The molecule has 0 aromatic carbocycles. The van der Waals surface area contributed by atoms with Gasteiger partial charge < -0.3 is 10.2 Å². The number of hydrogen-bond acceptors (Lipinski definition) is 3. The van der Waals surface area contributed by atoms with E-state index >= 15 is 0 Å². The minimum atomic E-state index is -0.561. The van der Waals surface area contributed by atoms with Gasteiger partial charge in [-0.1, -0.05) is 19.9 Å². The van der Waals surface area contributed by atoms with Crippen molar-refractivity contribution in [3.05, 3.63) is 11.6 Å². The van der Waals surface area contributed by atoms with Gasteiger partial charge in [0.25, 0.3) is 0 Å². The van der Waals surface area contributed by atoms with Gasteiger partial charge in [0, 0.05) is 6.42 Å². The Hall–Kier alpha value is -0.670. The second kappa shape index (κ2) is 5.41. The van der Waals surface area contributed by atoms with E-state index in [-0.39, 0.29) is 16.7 Å². The Balaban J connectivity index is 1.67. The number of allylic oxidation sites excluding steroid dienone is 2. The van der Waals surface area contributed by atoms with Gasteiger partial charge in [0.15, 0.2) is 5.78 Å². The number of ketones is 1. The molecular formula is C21H32O3. The normalized spacial score (nSPS) is 55.9. The largest absolute Gasteiger partial charge is 0.390 e. The number of hydrogen-bond donors (Lipinski definition) is 2. The first-order valence-corrected chi connectivity index (χ1v) is 9.89. The van der Waals surface area contributed by atoms with Crippen LogP contribution >= 0.6 is 0 Å². The van der Waals surface area contributed by atoms with Gasteiger partial charge in [-0.25, -0.2) is 0 Å². The highest BCUT2D eigenvalue weighted by atomic mass is 16.3. The molecule has 2 N–H and O–H groups in total. The van der Waals surface area contributed by atoms with Crippen LogP contribution in [0.1, 0.15) is 65.7 Å². The average molecular weight is 332 g/mol. The lowest BCUT2D eigenvalue weighted by Gasteiger charge is -2.61. The summed E-state index contributed by atoms with van der Waals surface area (Å²) < 4.78 is 0. The molecule has 0 spiro atoms. The summed E-state index contributed by atoms with van der Waals surface area (Å²) in [6.07, 6.45) is 7.80. The zero-order chi connectivity index (χ0) is 17.3. The third-order valence-corrected chi connectivity index (χ3v) is 8.73. The molecule has 134 valence electrons. The third-order valence-electron chi connectivity index (χ3n) is 8.73. The molecule has 0 aliphatic heterocycles. The molecule has 3 heteroatoms. The van der Waals surface area contributed by atoms with Crippen molar-refractivity contribution in [3.8, 4) is 0 Å². The number of rotatable bonds is 0. The van der Waals surface area contributed by atoms with Crippen molar-refractivity contribution in [1.82, 2.24) is 0 Å². The lowest BCUT2D eigenvalue weighted by atomic mass is 9.44. The van der Waals surface area contributed by atoms with Crippen molar-refractivity contribution in [2.24, 2.45) is 34.5 Å². The number of fused-ring (bicyclic) bond motifs is 5. The second-order valence-electron chi connectivity index (χ2n) is 9.45. The first-order valence-electron chi connectivity index (χ1n) is 9.89. The summed E-state index contributed by atoms with van der Waals surface area (Å²) >= 11 is 0. The maximum absolute atomic E-state index is 12.6. The lowest BCUT2D eigenvalue weighted by molar-refractivity contribution is -0.169. The Kier molecular flexibility index (Phi) is 3.78. The van der Waals surface area contributed by atoms with E-state index in [2.05, 4.69) is 19.9 Å². The zero-order valence-electron chi connectivity index (χ0n) is 15.3. The summed E-state index contributed by atoms with van der Waals surface area (Å²) in [5.41, 5.74) is 1.28. The van der Waals surface area contributed by atoms with Gasteiger partial charge in [-0.3, -0.25) is 4.79 Å². The molecule has 4 rings (SSSR count). The van der Waals surface area contributed by atoms with Crippen molar-refractivity contribution >= 4 is 5.78 Å². The Labute approximate surface area is 145 Å². The van der Waals surface area contributed by atoms with Crippen LogP contribution in [0.15, 0.2) is 11.6 Å². The predicted molar refractivity (Wildman–Crippen MR) is 93.3 cm³/mol. The van der Waals surface area contributed by atoms with E-state index in [1.54, 1.807) is 0 Å². The van der Waals surface area contributed by atoms with E-state index in [9.17, 15) is 15.0 Å². The molecule has 4 aliphatic rings. The van der Waals surface area contributed by atoms with Gasteiger partial charge >= 0.3 is 0 Å². The van der Waals surface area contributed by atoms with Gasteiger partial charge in [-0.2, -0.15) is 0 Å². The van der Waals surface area contributed by atoms with E-state index in [0.29, 0.717) is 23.5 Å². The van der Waals surface area contributed by atoms with Crippen LogP contribution in [0.3, 0.4) is 0 Å². The molecule has 0 unspecified atom stereocenters. The molecule has 0 saturated heterocycles. The first kappa shape index (κ1) is 16.8. The molecule has 0 bridgehead atoms. The molecule has 0 radical (unpaired) electrons. The fourth-order valence-corrected chi connectivity index (χ4v) is 7.46. The summed E-state index contributed by atoms with van der Waals surface area (Å²) in [5.74, 6) is 2.29. The smallest absolute Gasteiger partial charge is 0.159 e. The van der Waals surface area contributed by atoms with E-state index in [1.165, 1.54) is 0 Å². The van der Waals surface area contributed by atoms with Crippen molar-refractivity contribution < 1.29 is 15.0 Å². The van der Waals surface area contributed by atoms with Gasteiger partial charge in [0.05, 0.1) is 12.2 Å². The van der Waals surface area contributed by atoms with Crippen LogP contribution in [0.2, 0.25) is 0 Å². The minimum Gasteiger partial charge on any atom is -0.390 e. The molecule has 4 aliphatic carbocycles. The van der Waals surface area contributed by atoms with Crippen LogP contribution in [-0.2, 0) is 4.79 Å². The van der Waals surface area contributed by atoms with E-state index in [0.717, 1.165) is 50.5 Å². The molecule has 0 aromatic rings. The molecule has 24 heavy (non-hydrogen) atoms. The number of aliphatic hydroxyl groups is 2. The molecule has 0 heterocycles. The van der Waals surface area contributed by atoms with Crippen LogP contribution in [0, 0.1) is 34.5 Å². The predicted octanol–water partition coefficient (Wildman–Crippen LogP) is 3.49. The fraction of sp³-hybridized carbons (Fsp3) is 0.857. The van der Waals surface area contributed by atoms with Gasteiger partial charge in [-0.05, 0) is 85.5 Å². The Morgan fingerprint density at radius 2 is 1.75 bits per heavy atom. The topological polar surface area (TPSA) is 57.5 Å². The summed E-state index contributed by atoms with van der Waals surface area (Å²) in [7, 11) is 0. The Morgan fingerprint density at radius 1 is 1.00 bits per heavy atom. The number of aliphatic hydroxyl groups excluding tert-OH is 2. The summed E-state index contributed by atoms with van der Waals surface area (Å²) in [6.45, 7) is 6.70. The Bertz CT molecular complexity index is 582. The SMILES string of the molecule is CC=C1C(=O)C[C@H]2[C@@H]3CC[C@H]4[C@H](O)[C@@H](O)CC[C@]4(C)[C@H]3CC[C@]12C. The number of carbonyl (C=O) groups is 1. The summed E-state index contributed by atoms with van der Waals surface area (Å²) in [5, 5.41) is 20.7. The van der Waals surface area contributed by atoms with Crippen LogP contribution in [0.5, 0.6) is 0 Å². The Morgan fingerprint density at radius 3 is 2.46 bits per heavy atom. The monoisotopic (exact) mass is 332 g/mol. The number of carbonyl (C=O) groups excluding carboxylic acids is 1. The van der Waals surface area contributed by atoms with Crippen molar-refractivity contribution in [2.45, 2.75) is 77.9 Å². The van der Waals surface area contributed by atoms with E-state index < -0.39 is 12.2 Å². The second-order valence-corrected chi connectivity index (χ2v) is 9.45. The van der Waals surface area contributed by atoms with Gasteiger partial charge in [0.1, 0.15) is 0 Å². The minimum absolute atomic E-state index is 0.0724. The molecular weight excluding hydrogens is 300 g/mol. The zero-order valence-corrected chi connectivity index (χ0v) is 15.3. The van der Waals surface area contributed by atoms with Crippen molar-refractivity contribution in [3.63, 3.8) is 0 Å². The van der Waals surface area contributed by atoms with Gasteiger partial charge in [-0.15, -0.1) is 0 Å². The van der Waals surface area contributed by atoms with Crippen LogP contribution in [0.4, 0.5) is 0 Å². The highest BCUT2D eigenvalue weighted by molar-refractivity contribution is 5.99.